The van der Waals surface area contributed by atoms with Crippen molar-refractivity contribution < 1.29 is 4.79 Å². The Morgan fingerprint density at radius 3 is 1.60 bits per heavy atom. The fourth-order valence-electron chi connectivity index (χ4n) is 5.46. The molecule has 0 amide bonds. The lowest BCUT2D eigenvalue weighted by Gasteiger charge is -2.14. The fourth-order valence-corrected chi connectivity index (χ4v) is 5.46. The van der Waals surface area contributed by atoms with Crippen molar-refractivity contribution in [3.05, 3.63) is 139 Å². The Morgan fingerprint density at radius 2 is 0.971 bits per heavy atom. The van der Waals surface area contributed by atoms with Crippen LogP contribution in [-0.4, -0.2) is 10.4 Å². The van der Waals surface area contributed by atoms with Crippen molar-refractivity contribution in [2.45, 2.75) is 0 Å². The fraction of sp³-hybridized carbons (Fsp3) is 0. The van der Waals surface area contributed by atoms with E-state index in [1.807, 2.05) is 48.5 Å². The first-order chi connectivity index (χ1) is 17.3. The number of ketones is 1. The largest absolute Gasteiger partial charge is 0.304 e. The maximum Gasteiger partial charge on any atom is 0.212 e. The van der Waals surface area contributed by atoms with Gasteiger partial charge in [0, 0.05) is 22.1 Å². The Hall–Kier alpha value is -4.69. The van der Waals surface area contributed by atoms with Gasteiger partial charge in [-0.3, -0.25) is 4.79 Å². The van der Waals surface area contributed by atoms with Crippen molar-refractivity contribution in [1.82, 2.24) is 4.57 Å². The van der Waals surface area contributed by atoms with Crippen LogP contribution < -0.4 is 0 Å². The molecule has 1 aliphatic rings. The van der Waals surface area contributed by atoms with Crippen molar-refractivity contribution in [1.29, 1.82) is 0 Å². The van der Waals surface area contributed by atoms with Crippen LogP contribution in [0.2, 0.25) is 0 Å². The highest BCUT2D eigenvalue weighted by atomic mass is 16.1. The number of carbonyl (C=O) groups is 1. The minimum absolute atomic E-state index is 0.0731. The first kappa shape index (κ1) is 19.7. The van der Waals surface area contributed by atoms with E-state index in [1.165, 1.54) is 0 Å². The molecule has 2 heterocycles. The van der Waals surface area contributed by atoms with E-state index in [0.717, 1.165) is 61.2 Å². The summed E-state index contributed by atoms with van der Waals surface area (Å²) in [5.74, 6) is 0.0731. The van der Waals surface area contributed by atoms with Gasteiger partial charge in [-0.15, -0.1) is 0 Å². The molecule has 1 aliphatic heterocycles. The van der Waals surface area contributed by atoms with Gasteiger partial charge in [-0.05, 0) is 28.1 Å². The van der Waals surface area contributed by atoms with E-state index in [2.05, 4.69) is 83.4 Å². The molecular weight excluding hydrogens is 426 g/mol. The Labute approximate surface area is 203 Å². The summed E-state index contributed by atoms with van der Waals surface area (Å²) in [7, 11) is 0. The average molecular weight is 448 g/mol. The number of benzene rings is 5. The second-order valence-electron chi connectivity index (χ2n) is 8.89. The van der Waals surface area contributed by atoms with Gasteiger partial charge in [0.05, 0.1) is 11.4 Å². The first-order valence-corrected chi connectivity index (χ1v) is 11.8. The summed E-state index contributed by atoms with van der Waals surface area (Å²) in [6.45, 7) is 0. The molecule has 0 aliphatic carbocycles. The molecule has 2 nitrogen and oxygen atoms in total. The molecule has 164 valence electrons. The van der Waals surface area contributed by atoms with Crippen molar-refractivity contribution >= 4 is 16.6 Å². The highest BCUT2D eigenvalue weighted by Crippen LogP contribution is 2.50. The normalized spacial score (nSPS) is 12.1. The average Bonchev–Trinajstić information content (AvgIpc) is 3.43. The predicted molar refractivity (Wildman–Crippen MR) is 143 cm³/mol. The molecule has 0 bridgehead atoms. The van der Waals surface area contributed by atoms with E-state index < -0.39 is 0 Å². The van der Waals surface area contributed by atoms with E-state index >= 15 is 0 Å². The van der Waals surface area contributed by atoms with E-state index in [1.54, 1.807) is 0 Å². The van der Waals surface area contributed by atoms with Crippen molar-refractivity contribution in [3.63, 3.8) is 0 Å². The van der Waals surface area contributed by atoms with Crippen LogP contribution in [0.25, 0.3) is 50.0 Å². The van der Waals surface area contributed by atoms with Crippen molar-refractivity contribution in [3.8, 4) is 39.2 Å². The molecule has 35 heavy (non-hydrogen) atoms. The number of fused-ring (bicyclic) bond motifs is 5. The molecular formula is C33H21NO. The number of rotatable bonds is 3. The molecule has 6 aromatic rings. The molecule has 0 fully saturated rings. The highest BCUT2D eigenvalue weighted by molar-refractivity contribution is 6.24. The second kappa shape index (κ2) is 7.68. The van der Waals surface area contributed by atoms with Crippen molar-refractivity contribution in [2.75, 3.05) is 0 Å². The number of hydrogen-bond acceptors (Lipinski definition) is 1. The predicted octanol–water partition coefficient (Wildman–Crippen LogP) is 8.18. The van der Waals surface area contributed by atoms with E-state index in [-0.39, 0.29) is 5.78 Å². The maximum atomic E-state index is 14.1. The van der Waals surface area contributed by atoms with Gasteiger partial charge >= 0.3 is 0 Å². The number of carbonyl (C=O) groups excluding carboxylic acids is 1. The minimum Gasteiger partial charge on any atom is -0.304 e. The van der Waals surface area contributed by atoms with Gasteiger partial charge in [0.2, 0.25) is 5.78 Å². The van der Waals surface area contributed by atoms with Crippen LogP contribution in [-0.2, 0) is 0 Å². The molecule has 0 radical (unpaired) electrons. The zero-order valence-electron chi connectivity index (χ0n) is 19.0. The lowest BCUT2D eigenvalue weighted by Crippen LogP contribution is -1.98. The van der Waals surface area contributed by atoms with E-state index in [9.17, 15) is 4.79 Å². The van der Waals surface area contributed by atoms with Gasteiger partial charge in [-0.25, -0.2) is 0 Å². The summed E-state index contributed by atoms with van der Waals surface area (Å²) in [6, 6.07) is 43.5. The summed E-state index contributed by atoms with van der Waals surface area (Å²) < 4.78 is 2.22. The summed E-state index contributed by atoms with van der Waals surface area (Å²) in [5, 5.41) is 2.21. The third kappa shape index (κ3) is 2.87. The van der Waals surface area contributed by atoms with Gasteiger partial charge in [-0.2, -0.15) is 0 Å². The number of hydrogen-bond donors (Lipinski definition) is 0. The van der Waals surface area contributed by atoms with Gasteiger partial charge in [0.25, 0.3) is 0 Å². The summed E-state index contributed by atoms with van der Waals surface area (Å²) >= 11 is 0. The van der Waals surface area contributed by atoms with Gasteiger partial charge in [0.1, 0.15) is 5.69 Å². The Bertz CT molecular complexity index is 1730. The van der Waals surface area contributed by atoms with E-state index in [0.29, 0.717) is 0 Å². The van der Waals surface area contributed by atoms with Crippen LogP contribution in [0.3, 0.4) is 0 Å². The SMILES string of the molecule is O=C1c2ccc3ccccc3c2-n2c1c(-c1ccccc1)c(-c1ccccc1)c2-c1ccccc1. The smallest absolute Gasteiger partial charge is 0.212 e. The lowest BCUT2D eigenvalue weighted by molar-refractivity contribution is 0.104. The standard InChI is InChI=1S/C33H21NO/c35-33-27-21-20-22-12-10-11-19-26(22)31(27)34-30(25-17-8-3-9-18-25)28(23-13-4-1-5-14-23)29(32(33)34)24-15-6-2-7-16-24/h1-21H. The van der Waals surface area contributed by atoms with Crippen LogP contribution in [0.15, 0.2) is 127 Å². The van der Waals surface area contributed by atoms with Crippen LogP contribution in [0.1, 0.15) is 16.1 Å². The molecule has 0 spiro atoms. The minimum atomic E-state index is 0.0731. The molecule has 0 unspecified atom stereocenters. The van der Waals surface area contributed by atoms with Crippen LogP contribution in [0.4, 0.5) is 0 Å². The topological polar surface area (TPSA) is 22.0 Å². The molecule has 5 aromatic carbocycles. The van der Waals surface area contributed by atoms with Gasteiger partial charge in [0.15, 0.2) is 0 Å². The van der Waals surface area contributed by atoms with Gasteiger partial charge < -0.3 is 4.57 Å². The maximum absolute atomic E-state index is 14.1. The molecule has 0 atom stereocenters. The quantitative estimate of drug-likeness (QED) is 0.268. The summed E-state index contributed by atoms with van der Waals surface area (Å²) in [4.78, 5) is 14.1. The lowest BCUT2D eigenvalue weighted by atomic mass is 9.91. The first-order valence-electron chi connectivity index (χ1n) is 11.8. The molecule has 7 rings (SSSR count). The van der Waals surface area contributed by atoms with E-state index in [4.69, 9.17) is 0 Å². The monoisotopic (exact) mass is 447 g/mol. The number of aromatic nitrogens is 1. The molecule has 1 aromatic heterocycles. The molecule has 2 heteroatoms. The Kier molecular flexibility index (Phi) is 4.33. The zero-order chi connectivity index (χ0) is 23.4. The summed E-state index contributed by atoms with van der Waals surface area (Å²) in [5.41, 5.74) is 8.82. The van der Waals surface area contributed by atoms with Crippen LogP contribution in [0.5, 0.6) is 0 Å². The Balaban J connectivity index is 1.72. The Morgan fingerprint density at radius 1 is 0.457 bits per heavy atom. The molecule has 0 N–H and O–H groups in total. The van der Waals surface area contributed by atoms with Gasteiger partial charge in [-0.1, -0.05) is 121 Å². The second-order valence-corrected chi connectivity index (χ2v) is 8.89. The van der Waals surface area contributed by atoms with Crippen LogP contribution in [0, 0.1) is 0 Å². The molecule has 0 saturated heterocycles. The molecule has 0 saturated carbocycles. The highest BCUT2D eigenvalue weighted by Gasteiger charge is 2.37. The zero-order valence-corrected chi connectivity index (χ0v) is 19.0. The third-order valence-corrected chi connectivity index (χ3v) is 6.93. The third-order valence-electron chi connectivity index (χ3n) is 6.93. The van der Waals surface area contributed by atoms with Crippen LogP contribution >= 0.6 is 0 Å². The number of nitrogens with zero attached hydrogens (tertiary/aromatic N) is 1. The summed E-state index contributed by atoms with van der Waals surface area (Å²) in [6.07, 6.45) is 0. The van der Waals surface area contributed by atoms with Crippen molar-refractivity contribution in [2.24, 2.45) is 0 Å².